The topological polar surface area (TPSA) is 46.3 Å². The van der Waals surface area contributed by atoms with Crippen LogP contribution in [0.5, 0.6) is 0 Å². The van der Waals surface area contributed by atoms with Crippen LogP contribution in [0, 0.1) is 0 Å². The summed E-state index contributed by atoms with van der Waals surface area (Å²) in [7, 11) is 0. The maximum Gasteiger partial charge on any atom is 0.226 e. The molecule has 2 aromatic rings. The van der Waals surface area contributed by atoms with Gasteiger partial charge in [-0.3, -0.25) is 0 Å². The van der Waals surface area contributed by atoms with E-state index < -0.39 is 0 Å². The highest BCUT2D eigenvalue weighted by Gasteiger charge is 2.05. The second-order valence-corrected chi connectivity index (χ2v) is 3.72. The Morgan fingerprint density at radius 3 is 2.93 bits per heavy atom. The minimum Gasteiger partial charge on any atom is -0.439 e. The molecule has 1 heterocycles. The van der Waals surface area contributed by atoms with Gasteiger partial charge in [0, 0.05) is 10.0 Å². The van der Waals surface area contributed by atoms with Crippen molar-refractivity contribution in [1.29, 1.82) is 0 Å². The zero-order valence-corrected chi connectivity index (χ0v) is 8.86. The molecule has 0 aliphatic carbocycles. The maximum atomic E-state index is 8.81. The van der Waals surface area contributed by atoms with Crippen LogP contribution in [0.25, 0.3) is 11.5 Å². The molecule has 0 aliphatic heterocycles. The molecule has 1 aromatic heterocycles. The van der Waals surface area contributed by atoms with Crippen molar-refractivity contribution in [3.8, 4) is 11.5 Å². The van der Waals surface area contributed by atoms with Crippen LogP contribution in [0.15, 0.2) is 39.4 Å². The average Bonchev–Trinajstić information content (AvgIpc) is 2.66. The molecule has 0 amide bonds. The summed E-state index contributed by atoms with van der Waals surface area (Å²) in [6.45, 7) is -0.124. The van der Waals surface area contributed by atoms with Gasteiger partial charge in [-0.25, -0.2) is 4.98 Å². The third kappa shape index (κ3) is 1.86. The third-order valence-electron chi connectivity index (χ3n) is 1.78. The zero-order chi connectivity index (χ0) is 9.97. The normalized spacial score (nSPS) is 10.4. The van der Waals surface area contributed by atoms with Crippen molar-refractivity contribution in [1.82, 2.24) is 4.98 Å². The molecule has 14 heavy (non-hydrogen) atoms. The molecule has 0 aliphatic rings. The van der Waals surface area contributed by atoms with E-state index in [1.165, 1.54) is 6.20 Å². The molecule has 4 heteroatoms. The first-order valence-electron chi connectivity index (χ1n) is 4.11. The van der Waals surface area contributed by atoms with Crippen LogP contribution >= 0.6 is 15.9 Å². The molecule has 0 spiro atoms. The fraction of sp³-hybridized carbons (Fsp3) is 0.100. The van der Waals surface area contributed by atoms with Gasteiger partial charge in [0.1, 0.15) is 12.4 Å². The molecule has 0 unspecified atom stereocenters. The molecule has 1 aromatic carbocycles. The molecule has 0 saturated carbocycles. The highest BCUT2D eigenvalue weighted by Crippen LogP contribution is 2.22. The predicted octanol–water partition coefficient (Wildman–Crippen LogP) is 2.60. The number of benzene rings is 1. The van der Waals surface area contributed by atoms with Crippen LogP contribution in [0.2, 0.25) is 0 Å². The van der Waals surface area contributed by atoms with Crippen LogP contribution in [-0.4, -0.2) is 10.1 Å². The summed E-state index contributed by atoms with van der Waals surface area (Å²) in [6.07, 6.45) is 1.52. The summed E-state index contributed by atoms with van der Waals surface area (Å²) in [4.78, 5) is 4.05. The Morgan fingerprint density at radius 1 is 1.43 bits per heavy atom. The molecule has 1 N–H and O–H groups in total. The first-order valence-corrected chi connectivity index (χ1v) is 4.90. The Morgan fingerprint density at radius 2 is 2.29 bits per heavy atom. The van der Waals surface area contributed by atoms with E-state index in [2.05, 4.69) is 20.9 Å². The molecule has 0 saturated heterocycles. The number of hydrogen-bond acceptors (Lipinski definition) is 3. The Hall–Kier alpha value is -1.13. The lowest BCUT2D eigenvalue weighted by atomic mass is 10.2. The predicted molar refractivity (Wildman–Crippen MR) is 55.6 cm³/mol. The van der Waals surface area contributed by atoms with Gasteiger partial charge in [0.15, 0.2) is 0 Å². The molecule has 0 atom stereocenters. The summed E-state index contributed by atoms with van der Waals surface area (Å²) in [6, 6.07) is 7.65. The number of halogens is 1. The molecule has 0 bridgehead atoms. The smallest absolute Gasteiger partial charge is 0.226 e. The summed E-state index contributed by atoms with van der Waals surface area (Å²) in [5.41, 5.74) is 0.888. The number of oxazole rings is 1. The summed E-state index contributed by atoms with van der Waals surface area (Å²) in [5.74, 6) is 0.996. The van der Waals surface area contributed by atoms with E-state index in [1.54, 1.807) is 0 Å². The molecular formula is C10H8BrNO2. The van der Waals surface area contributed by atoms with E-state index in [0.717, 1.165) is 10.0 Å². The van der Waals surface area contributed by atoms with Crippen molar-refractivity contribution in [2.45, 2.75) is 6.61 Å². The lowest BCUT2D eigenvalue weighted by Gasteiger charge is -1.95. The van der Waals surface area contributed by atoms with Crippen LogP contribution in [-0.2, 0) is 6.61 Å². The van der Waals surface area contributed by atoms with Gasteiger partial charge >= 0.3 is 0 Å². The van der Waals surface area contributed by atoms with Crippen molar-refractivity contribution >= 4 is 15.9 Å². The van der Waals surface area contributed by atoms with E-state index in [-0.39, 0.29) is 6.61 Å². The van der Waals surface area contributed by atoms with Gasteiger partial charge in [0.05, 0.1) is 6.20 Å². The van der Waals surface area contributed by atoms with Crippen LogP contribution in [0.1, 0.15) is 5.76 Å². The number of aliphatic hydroxyl groups is 1. The number of aliphatic hydroxyl groups excluding tert-OH is 1. The number of nitrogens with zero attached hydrogens (tertiary/aromatic N) is 1. The summed E-state index contributed by atoms with van der Waals surface area (Å²) < 4.78 is 6.26. The van der Waals surface area contributed by atoms with E-state index >= 15 is 0 Å². The Kier molecular flexibility index (Phi) is 2.65. The fourth-order valence-electron chi connectivity index (χ4n) is 1.14. The fourth-order valence-corrected chi connectivity index (χ4v) is 1.53. The molecule has 3 nitrogen and oxygen atoms in total. The maximum absolute atomic E-state index is 8.81. The van der Waals surface area contributed by atoms with Crippen molar-refractivity contribution in [2.24, 2.45) is 0 Å². The minimum absolute atomic E-state index is 0.124. The quantitative estimate of drug-likeness (QED) is 0.895. The third-order valence-corrected chi connectivity index (χ3v) is 2.27. The summed E-state index contributed by atoms with van der Waals surface area (Å²) in [5, 5.41) is 8.81. The van der Waals surface area contributed by atoms with Crippen molar-refractivity contribution in [3.05, 3.63) is 40.7 Å². The first-order chi connectivity index (χ1) is 6.79. The van der Waals surface area contributed by atoms with E-state index in [0.29, 0.717) is 11.7 Å². The lowest BCUT2D eigenvalue weighted by molar-refractivity contribution is 0.248. The highest BCUT2D eigenvalue weighted by atomic mass is 79.9. The van der Waals surface area contributed by atoms with Gasteiger partial charge < -0.3 is 9.52 Å². The Balaban J connectivity index is 2.39. The number of aromatic nitrogens is 1. The van der Waals surface area contributed by atoms with Gasteiger partial charge in [-0.15, -0.1) is 0 Å². The lowest BCUT2D eigenvalue weighted by Crippen LogP contribution is -1.76. The Labute approximate surface area is 89.5 Å². The van der Waals surface area contributed by atoms with Gasteiger partial charge in [0.2, 0.25) is 5.89 Å². The first kappa shape index (κ1) is 9.43. The van der Waals surface area contributed by atoms with E-state index in [9.17, 15) is 0 Å². The largest absolute Gasteiger partial charge is 0.439 e. The monoisotopic (exact) mass is 253 g/mol. The van der Waals surface area contributed by atoms with E-state index in [4.69, 9.17) is 9.52 Å². The van der Waals surface area contributed by atoms with Gasteiger partial charge in [-0.2, -0.15) is 0 Å². The van der Waals surface area contributed by atoms with Crippen LogP contribution in [0.3, 0.4) is 0 Å². The van der Waals surface area contributed by atoms with Crippen LogP contribution in [0.4, 0.5) is 0 Å². The number of rotatable bonds is 2. The Bertz CT molecular complexity index is 439. The van der Waals surface area contributed by atoms with Gasteiger partial charge in [-0.1, -0.05) is 22.0 Å². The highest BCUT2D eigenvalue weighted by molar-refractivity contribution is 9.10. The molecule has 2 rings (SSSR count). The van der Waals surface area contributed by atoms with E-state index in [1.807, 2.05) is 24.3 Å². The minimum atomic E-state index is -0.124. The van der Waals surface area contributed by atoms with Crippen LogP contribution < -0.4 is 0 Å². The second kappa shape index (κ2) is 3.94. The average molecular weight is 254 g/mol. The van der Waals surface area contributed by atoms with Crippen molar-refractivity contribution in [3.63, 3.8) is 0 Å². The van der Waals surface area contributed by atoms with Gasteiger partial charge in [0.25, 0.3) is 0 Å². The molecule has 0 fully saturated rings. The summed E-state index contributed by atoms with van der Waals surface area (Å²) >= 11 is 3.36. The van der Waals surface area contributed by atoms with Crippen molar-refractivity contribution in [2.75, 3.05) is 0 Å². The molecular weight excluding hydrogens is 246 g/mol. The second-order valence-electron chi connectivity index (χ2n) is 2.80. The zero-order valence-electron chi connectivity index (χ0n) is 7.27. The SMILES string of the molecule is OCc1cnc(-c2cccc(Br)c2)o1. The van der Waals surface area contributed by atoms with Gasteiger partial charge in [-0.05, 0) is 18.2 Å². The number of hydrogen-bond donors (Lipinski definition) is 1. The molecule has 72 valence electrons. The standard InChI is InChI=1S/C10H8BrNO2/c11-8-3-1-2-7(4-8)10-12-5-9(6-13)14-10/h1-5,13H,6H2. The van der Waals surface area contributed by atoms with Crippen molar-refractivity contribution < 1.29 is 9.52 Å². The molecule has 0 radical (unpaired) electrons.